The Balaban J connectivity index is 3.19. The van der Waals surface area contributed by atoms with Crippen LogP contribution in [-0.4, -0.2) is 19.1 Å². The van der Waals surface area contributed by atoms with Crippen molar-refractivity contribution in [2.75, 3.05) is 19.0 Å². The van der Waals surface area contributed by atoms with Gasteiger partial charge < -0.3 is 16.4 Å². The summed E-state index contributed by atoms with van der Waals surface area (Å²) >= 11 is 0. The Morgan fingerprint density at radius 1 is 1.31 bits per heavy atom. The van der Waals surface area contributed by atoms with Crippen LogP contribution >= 0.6 is 0 Å². The van der Waals surface area contributed by atoms with Crippen molar-refractivity contribution in [3.8, 4) is 0 Å². The fourth-order valence-electron chi connectivity index (χ4n) is 1.34. The van der Waals surface area contributed by atoms with E-state index in [1.165, 1.54) is 0 Å². The summed E-state index contributed by atoms with van der Waals surface area (Å²) in [5, 5.41) is 0. The van der Waals surface area contributed by atoms with Gasteiger partial charge in [-0.25, -0.2) is 0 Å². The molecule has 0 saturated heterocycles. The topological polar surface area (TPSA) is 68.2 Å². The van der Waals surface area contributed by atoms with Gasteiger partial charge in [-0.3, -0.25) is 4.98 Å². The van der Waals surface area contributed by atoms with Crippen molar-refractivity contribution >= 4 is 5.69 Å². The summed E-state index contributed by atoms with van der Waals surface area (Å²) in [6.45, 7) is 0.919. The highest BCUT2D eigenvalue weighted by Crippen LogP contribution is 2.19. The maximum atomic E-state index is 5.64. The molecule has 0 aliphatic heterocycles. The van der Waals surface area contributed by atoms with E-state index in [2.05, 4.69) is 4.98 Å². The first-order chi connectivity index (χ1) is 6.20. The molecule has 1 heterocycles. The van der Waals surface area contributed by atoms with Gasteiger partial charge in [0.2, 0.25) is 0 Å². The van der Waals surface area contributed by atoms with Crippen LogP contribution in [0.5, 0.6) is 0 Å². The number of rotatable bonds is 3. The number of hydrogen-bond acceptors (Lipinski definition) is 4. The summed E-state index contributed by atoms with van der Waals surface area (Å²) in [4.78, 5) is 6.20. The van der Waals surface area contributed by atoms with Crippen molar-refractivity contribution < 1.29 is 0 Å². The van der Waals surface area contributed by atoms with E-state index in [1.807, 2.05) is 25.1 Å². The van der Waals surface area contributed by atoms with E-state index in [4.69, 9.17) is 11.5 Å². The molecule has 1 aromatic rings. The Morgan fingerprint density at radius 3 is 2.46 bits per heavy atom. The predicted molar refractivity (Wildman–Crippen MR) is 54.3 cm³/mol. The lowest BCUT2D eigenvalue weighted by atomic mass is 10.1. The van der Waals surface area contributed by atoms with E-state index < -0.39 is 0 Å². The van der Waals surface area contributed by atoms with Gasteiger partial charge in [-0.2, -0.15) is 0 Å². The SMILES string of the molecule is CN(C)c1ccnc(CN)c1CN. The van der Waals surface area contributed by atoms with Crippen molar-refractivity contribution in [3.05, 3.63) is 23.5 Å². The molecule has 0 amide bonds. The van der Waals surface area contributed by atoms with Gasteiger partial charge in [-0.15, -0.1) is 0 Å². The molecule has 1 aromatic heterocycles. The van der Waals surface area contributed by atoms with Gasteiger partial charge in [-0.05, 0) is 6.07 Å². The average molecular weight is 180 g/mol. The molecule has 0 bridgehead atoms. The lowest BCUT2D eigenvalue weighted by Crippen LogP contribution is -2.16. The van der Waals surface area contributed by atoms with E-state index in [-0.39, 0.29) is 0 Å². The molecule has 4 nitrogen and oxygen atoms in total. The van der Waals surface area contributed by atoms with Crippen LogP contribution in [0.1, 0.15) is 11.3 Å². The summed E-state index contributed by atoms with van der Waals surface area (Å²) in [6.07, 6.45) is 1.76. The molecular weight excluding hydrogens is 164 g/mol. The number of nitrogens with zero attached hydrogens (tertiary/aromatic N) is 2. The van der Waals surface area contributed by atoms with E-state index in [0.29, 0.717) is 13.1 Å². The van der Waals surface area contributed by atoms with Gasteiger partial charge in [0.05, 0.1) is 5.69 Å². The predicted octanol–water partition coefficient (Wildman–Crippen LogP) is 0.0650. The number of nitrogens with two attached hydrogens (primary N) is 2. The van der Waals surface area contributed by atoms with Crippen LogP contribution in [0.3, 0.4) is 0 Å². The van der Waals surface area contributed by atoms with Crippen LogP contribution in [0.4, 0.5) is 5.69 Å². The Bertz CT molecular complexity index is 283. The average Bonchev–Trinajstić information content (AvgIpc) is 2.16. The summed E-state index contributed by atoms with van der Waals surface area (Å²) < 4.78 is 0. The van der Waals surface area contributed by atoms with Gasteiger partial charge in [0, 0.05) is 44.6 Å². The lowest BCUT2D eigenvalue weighted by molar-refractivity contribution is 0.909. The van der Waals surface area contributed by atoms with Crippen LogP contribution in [0.25, 0.3) is 0 Å². The Labute approximate surface area is 78.6 Å². The fraction of sp³-hybridized carbons (Fsp3) is 0.444. The first-order valence-corrected chi connectivity index (χ1v) is 4.25. The smallest absolute Gasteiger partial charge is 0.0604 e. The molecule has 0 spiro atoms. The van der Waals surface area contributed by atoms with Gasteiger partial charge in [0.1, 0.15) is 0 Å². The van der Waals surface area contributed by atoms with E-state index in [1.54, 1.807) is 6.20 Å². The van der Waals surface area contributed by atoms with Crippen LogP contribution in [0, 0.1) is 0 Å². The van der Waals surface area contributed by atoms with Crippen LogP contribution < -0.4 is 16.4 Å². The lowest BCUT2D eigenvalue weighted by Gasteiger charge is -2.18. The van der Waals surface area contributed by atoms with E-state index in [0.717, 1.165) is 16.9 Å². The van der Waals surface area contributed by atoms with Gasteiger partial charge >= 0.3 is 0 Å². The standard InChI is InChI=1S/C9H16N4/c1-13(2)9-3-4-12-8(6-11)7(9)5-10/h3-4H,5-6,10-11H2,1-2H3. The molecule has 0 aromatic carbocycles. The van der Waals surface area contributed by atoms with Crippen molar-refractivity contribution in [3.63, 3.8) is 0 Å². The molecule has 4 N–H and O–H groups in total. The Morgan fingerprint density at radius 2 is 2.00 bits per heavy atom. The molecule has 0 aliphatic rings. The molecule has 0 radical (unpaired) electrons. The molecule has 0 aliphatic carbocycles. The third-order valence-electron chi connectivity index (χ3n) is 2.00. The van der Waals surface area contributed by atoms with Crippen molar-refractivity contribution in [1.29, 1.82) is 0 Å². The van der Waals surface area contributed by atoms with Crippen LogP contribution in [0.15, 0.2) is 12.3 Å². The summed E-state index contributed by atoms with van der Waals surface area (Å²) in [5.74, 6) is 0. The maximum Gasteiger partial charge on any atom is 0.0604 e. The minimum atomic E-state index is 0.439. The molecule has 0 unspecified atom stereocenters. The second-order valence-corrected chi connectivity index (χ2v) is 3.06. The first-order valence-electron chi connectivity index (χ1n) is 4.25. The minimum Gasteiger partial charge on any atom is -0.377 e. The van der Waals surface area contributed by atoms with Crippen molar-refractivity contribution in [2.24, 2.45) is 11.5 Å². The molecule has 72 valence electrons. The number of hydrogen-bond donors (Lipinski definition) is 2. The highest BCUT2D eigenvalue weighted by molar-refractivity contribution is 5.53. The third kappa shape index (κ3) is 1.96. The van der Waals surface area contributed by atoms with Crippen LogP contribution in [-0.2, 0) is 13.1 Å². The fourth-order valence-corrected chi connectivity index (χ4v) is 1.34. The number of pyridine rings is 1. The van der Waals surface area contributed by atoms with E-state index in [9.17, 15) is 0 Å². The molecule has 13 heavy (non-hydrogen) atoms. The highest BCUT2D eigenvalue weighted by atomic mass is 15.1. The molecule has 0 saturated carbocycles. The Kier molecular flexibility index (Phi) is 3.22. The number of anilines is 1. The molecule has 1 rings (SSSR count). The van der Waals surface area contributed by atoms with Crippen molar-refractivity contribution in [2.45, 2.75) is 13.1 Å². The van der Waals surface area contributed by atoms with Crippen LogP contribution in [0.2, 0.25) is 0 Å². The third-order valence-corrected chi connectivity index (χ3v) is 2.00. The Hall–Kier alpha value is -1.13. The minimum absolute atomic E-state index is 0.439. The van der Waals surface area contributed by atoms with Gasteiger partial charge in [0.15, 0.2) is 0 Å². The summed E-state index contributed by atoms with van der Waals surface area (Å²) in [6, 6.07) is 1.95. The van der Waals surface area contributed by atoms with Crippen molar-refractivity contribution in [1.82, 2.24) is 4.98 Å². The zero-order chi connectivity index (χ0) is 9.84. The van der Waals surface area contributed by atoms with Gasteiger partial charge in [-0.1, -0.05) is 0 Å². The second-order valence-electron chi connectivity index (χ2n) is 3.06. The van der Waals surface area contributed by atoms with E-state index >= 15 is 0 Å². The zero-order valence-electron chi connectivity index (χ0n) is 8.12. The zero-order valence-corrected chi connectivity index (χ0v) is 8.12. The monoisotopic (exact) mass is 180 g/mol. The second kappa shape index (κ2) is 4.20. The highest BCUT2D eigenvalue weighted by Gasteiger charge is 2.07. The largest absolute Gasteiger partial charge is 0.377 e. The molecule has 0 fully saturated rings. The normalized spacial score (nSPS) is 10.2. The van der Waals surface area contributed by atoms with Gasteiger partial charge in [0.25, 0.3) is 0 Å². The molecule has 0 atom stereocenters. The first kappa shape index (κ1) is 9.95. The number of aromatic nitrogens is 1. The summed E-state index contributed by atoms with van der Waals surface area (Å²) in [7, 11) is 3.96. The molecular formula is C9H16N4. The maximum absolute atomic E-state index is 5.64. The quantitative estimate of drug-likeness (QED) is 0.690. The molecule has 4 heteroatoms. The summed E-state index contributed by atoms with van der Waals surface area (Å²) in [5.41, 5.74) is 14.2.